The van der Waals surface area contributed by atoms with Gasteiger partial charge < -0.3 is 14.6 Å². The molecule has 0 bridgehead atoms. The minimum absolute atomic E-state index is 0.514. The molecule has 1 N–H and O–H groups in total. The van der Waals surface area contributed by atoms with E-state index in [0.29, 0.717) is 19.6 Å². The van der Waals surface area contributed by atoms with Gasteiger partial charge in [0.2, 0.25) is 0 Å². The van der Waals surface area contributed by atoms with Gasteiger partial charge in [0, 0.05) is 13.2 Å². The van der Waals surface area contributed by atoms with E-state index >= 15 is 0 Å². The van der Waals surface area contributed by atoms with Gasteiger partial charge in [-0.1, -0.05) is 23.8 Å². The van der Waals surface area contributed by atoms with Gasteiger partial charge in [-0.25, -0.2) is 0 Å². The summed E-state index contributed by atoms with van der Waals surface area (Å²) >= 11 is 0. The molecule has 1 aromatic rings. The highest BCUT2D eigenvalue weighted by Gasteiger charge is 2.19. The molecule has 0 aromatic heterocycles. The molecule has 0 aliphatic heterocycles. The lowest BCUT2D eigenvalue weighted by Gasteiger charge is -2.22. The van der Waals surface area contributed by atoms with Crippen LogP contribution in [0.15, 0.2) is 18.2 Å². The summed E-state index contributed by atoms with van der Waals surface area (Å²) in [5, 5.41) is 10.1. The molecular formula is C16H26O3. The maximum Gasteiger partial charge on any atom is 0.183 e. The summed E-state index contributed by atoms with van der Waals surface area (Å²) in [4.78, 5) is 0. The second-order valence-electron chi connectivity index (χ2n) is 4.82. The van der Waals surface area contributed by atoms with E-state index < -0.39 is 12.4 Å². The Bertz CT molecular complexity index is 370. The van der Waals surface area contributed by atoms with Gasteiger partial charge in [0.05, 0.1) is 0 Å². The number of hydrogen-bond acceptors (Lipinski definition) is 3. The molecule has 0 radical (unpaired) electrons. The van der Waals surface area contributed by atoms with Crippen LogP contribution in [0.1, 0.15) is 37.0 Å². The first-order valence-corrected chi connectivity index (χ1v) is 7.05. The fraction of sp³-hybridized carbons (Fsp3) is 0.625. The van der Waals surface area contributed by atoms with Crippen LogP contribution in [-0.4, -0.2) is 30.7 Å². The summed E-state index contributed by atoms with van der Waals surface area (Å²) < 4.78 is 10.8. The lowest BCUT2D eigenvalue weighted by atomic mass is 9.99. The van der Waals surface area contributed by atoms with E-state index in [4.69, 9.17) is 9.47 Å². The third kappa shape index (κ3) is 5.31. The molecule has 0 saturated carbocycles. The monoisotopic (exact) mass is 266 g/mol. The van der Waals surface area contributed by atoms with Crippen molar-refractivity contribution in [3.63, 3.8) is 0 Å². The number of rotatable bonds is 8. The van der Waals surface area contributed by atoms with Crippen molar-refractivity contribution >= 4 is 0 Å². The highest BCUT2D eigenvalue weighted by molar-refractivity contribution is 5.30. The van der Waals surface area contributed by atoms with Crippen molar-refractivity contribution in [3.8, 4) is 0 Å². The van der Waals surface area contributed by atoms with Gasteiger partial charge in [-0.15, -0.1) is 0 Å². The molecule has 1 rings (SSSR count). The van der Waals surface area contributed by atoms with Crippen LogP contribution in [0.5, 0.6) is 0 Å². The van der Waals surface area contributed by atoms with Gasteiger partial charge in [0.15, 0.2) is 6.29 Å². The molecule has 19 heavy (non-hydrogen) atoms. The molecule has 0 spiro atoms. The summed E-state index contributed by atoms with van der Waals surface area (Å²) in [6, 6.07) is 6.41. The van der Waals surface area contributed by atoms with Crippen molar-refractivity contribution < 1.29 is 14.6 Å². The molecule has 0 aliphatic rings. The Morgan fingerprint density at radius 2 is 1.74 bits per heavy atom. The Hall–Kier alpha value is -0.900. The topological polar surface area (TPSA) is 38.7 Å². The van der Waals surface area contributed by atoms with Gasteiger partial charge in [-0.2, -0.15) is 0 Å². The zero-order valence-electron chi connectivity index (χ0n) is 12.5. The minimum atomic E-state index is -0.584. The molecule has 108 valence electrons. The number of hydrogen-bond donors (Lipinski definition) is 1. The molecule has 0 aliphatic carbocycles. The summed E-state index contributed by atoms with van der Waals surface area (Å²) in [6.45, 7) is 9.09. The maximum absolute atomic E-state index is 10.1. The maximum atomic E-state index is 10.1. The van der Waals surface area contributed by atoms with Crippen LogP contribution >= 0.6 is 0 Å². The first-order chi connectivity index (χ1) is 9.08. The summed E-state index contributed by atoms with van der Waals surface area (Å²) in [6.07, 6.45) is 0.389. The van der Waals surface area contributed by atoms with Gasteiger partial charge in [-0.3, -0.25) is 0 Å². The van der Waals surface area contributed by atoms with Gasteiger partial charge in [-0.05, 0) is 51.7 Å². The Morgan fingerprint density at radius 1 is 1.11 bits per heavy atom. The van der Waals surface area contributed by atoms with Crippen molar-refractivity contribution in [3.05, 3.63) is 34.9 Å². The number of ether oxygens (including phenoxy) is 2. The number of aliphatic hydroxyl groups is 1. The quantitative estimate of drug-likeness (QED) is 0.735. The predicted octanol–water partition coefficient (Wildman–Crippen LogP) is 3.00. The van der Waals surface area contributed by atoms with Gasteiger partial charge >= 0.3 is 0 Å². The first kappa shape index (κ1) is 16.2. The van der Waals surface area contributed by atoms with Crippen molar-refractivity contribution in [2.75, 3.05) is 13.2 Å². The molecular weight excluding hydrogens is 240 g/mol. The van der Waals surface area contributed by atoms with Crippen molar-refractivity contribution in [2.24, 2.45) is 0 Å². The Kier molecular flexibility index (Phi) is 7.06. The van der Waals surface area contributed by atoms with E-state index in [1.54, 1.807) is 0 Å². The normalized spacial score (nSPS) is 12.9. The van der Waals surface area contributed by atoms with Crippen LogP contribution < -0.4 is 0 Å². The summed E-state index contributed by atoms with van der Waals surface area (Å²) in [5.74, 6) is 0. The van der Waals surface area contributed by atoms with Crippen molar-refractivity contribution in [1.29, 1.82) is 0 Å². The molecule has 0 fully saturated rings. The number of aliphatic hydroxyl groups excluding tert-OH is 1. The zero-order chi connectivity index (χ0) is 14.3. The highest BCUT2D eigenvalue weighted by atomic mass is 16.7. The lowest BCUT2D eigenvalue weighted by molar-refractivity contribution is -0.190. The lowest BCUT2D eigenvalue weighted by Crippen LogP contribution is -2.32. The van der Waals surface area contributed by atoms with E-state index in [0.717, 1.165) is 6.42 Å². The Morgan fingerprint density at radius 3 is 2.32 bits per heavy atom. The average Bonchev–Trinajstić information content (AvgIpc) is 2.39. The number of benzene rings is 1. The van der Waals surface area contributed by atoms with Gasteiger partial charge in [0.1, 0.15) is 6.10 Å². The van der Waals surface area contributed by atoms with Crippen LogP contribution in [0.25, 0.3) is 0 Å². The molecule has 1 aromatic carbocycles. The summed E-state index contributed by atoms with van der Waals surface area (Å²) in [5.41, 5.74) is 3.80. The fourth-order valence-electron chi connectivity index (χ4n) is 2.11. The van der Waals surface area contributed by atoms with Crippen LogP contribution in [0.4, 0.5) is 0 Å². The molecule has 1 atom stereocenters. The molecule has 1 unspecified atom stereocenters. The third-order valence-electron chi connectivity index (χ3n) is 3.19. The zero-order valence-corrected chi connectivity index (χ0v) is 12.5. The van der Waals surface area contributed by atoms with E-state index in [1.165, 1.54) is 16.7 Å². The molecule has 0 saturated heterocycles. The van der Waals surface area contributed by atoms with E-state index in [-0.39, 0.29) is 0 Å². The first-order valence-electron chi connectivity index (χ1n) is 7.05. The van der Waals surface area contributed by atoms with Crippen LogP contribution in [0, 0.1) is 13.8 Å². The van der Waals surface area contributed by atoms with E-state index in [9.17, 15) is 5.11 Å². The van der Waals surface area contributed by atoms with Crippen molar-refractivity contribution in [1.82, 2.24) is 0 Å². The standard InChI is InChI=1S/C16H26O3/c1-5-18-16(19-6-2)15(17)10-9-14-11-12(3)7-8-13(14)4/h7-8,11,15-17H,5-6,9-10H2,1-4H3. The van der Waals surface area contributed by atoms with Crippen LogP contribution in [0.3, 0.4) is 0 Å². The Labute approximate surface area is 116 Å². The minimum Gasteiger partial charge on any atom is -0.388 e. The number of aryl methyl sites for hydroxylation is 3. The van der Waals surface area contributed by atoms with Gasteiger partial charge in [0.25, 0.3) is 0 Å². The third-order valence-corrected chi connectivity index (χ3v) is 3.19. The highest BCUT2D eigenvalue weighted by Crippen LogP contribution is 2.15. The summed E-state index contributed by atoms with van der Waals surface area (Å²) in [7, 11) is 0. The molecule has 3 heteroatoms. The second kappa shape index (κ2) is 8.31. The second-order valence-corrected chi connectivity index (χ2v) is 4.82. The van der Waals surface area contributed by atoms with Crippen molar-refractivity contribution in [2.45, 2.75) is 52.9 Å². The van der Waals surface area contributed by atoms with E-state index in [2.05, 4.69) is 32.0 Å². The average molecular weight is 266 g/mol. The molecule has 0 heterocycles. The van der Waals surface area contributed by atoms with Crippen LogP contribution in [0.2, 0.25) is 0 Å². The Balaban J connectivity index is 2.56. The SMILES string of the molecule is CCOC(OCC)C(O)CCc1cc(C)ccc1C. The predicted molar refractivity (Wildman–Crippen MR) is 77.3 cm³/mol. The molecule has 0 amide bonds. The fourth-order valence-corrected chi connectivity index (χ4v) is 2.11. The smallest absolute Gasteiger partial charge is 0.183 e. The largest absolute Gasteiger partial charge is 0.388 e. The molecule has 3 nitrogen and oxygen atoms in total. The van der Waals surface area contributed by atoms with E-state index in [1.807, 2.05) is 13.8 Å². The van der Waals surface area contributed by atoms with Crippen LogP contribution in [-0.2, 0) is 15.9 Å².